The van der Waals surface area contributed by atoms with Gasteiger partial charge in [-0.2, -0.15) is 0 Å². The van der Waals surface area contributed by atoms with Crippen molar-refractivity contribution in [3.05, 3.63) is 0 Å². The molecule has 4 nitrogen and oxygen atoms in total. The highest BCUT2D eigenvalue weighted by atomic mass is 17.7. The van der Waals surface area contributed by atoms with Crippen LogP contribution in [0.5, 0.6) is 0 Å². The fourth-order valence-corrected chi connectivity index (χ4v) is 1.75. The van der Waals surface area contributed by atoms with E-state index in [1.54, 1.807) is 0 Å². The Hall–Kier alpha value is -0.160. The van der Waals surface area contributed by atoms with E-state index in [0.717, 1.165) is 25.7 Å². The normalized spacial score (nSPS) is 12.8. The van der Waals surface area contributed by atoms with E-state index in [2.05, 4.69) is 23.9 Å². The Morgan fingerprint density at radius 3 is 2.17 bits per heavy atom. The van der Waals surface area contributed by atoms with E-state index in [4.69, 9.17) is 9.78 Å². The van der Waals surface area contributed by atoms with E-state index < -0.39 is 0 Å². The molecule has 0 aromatic heterocycles. The van der Waals surface area contributed by atoms with Crippen molar-refractivity contribution in [2.24, 2.45) is 0 Å². The first-order valence-corrected chi connectivity index (χ1v) is 7.46. The number of unbranched alkanes of at least 4 members (excludes halogenated alkanes) is 4. The zero-order chi connectivity index (χ0) is 13.5. The predicted octanol–water partition coefficient (Wildman–Crippen LogP) is 4.74. The van der Waals surface area contributed by atoms with Crippen LogP contribution in [0.1, 0.15) is 78.6 Å². The summed E-state index contributed by atoms with van der Waals surface area (Å²) >= 11 is 0. The first-order chi connectivity index (χ1) is 8.85. The van der Waals surface area contributed by atoms with Gasteiger partial charge < -0.3 is 0 Å². The summed E-state index contributed by atoms with van der Waals surface area (Å²) in [6.45, 7) is 6.88. The molecular weight excluding hydrogens is 232 g/mol. The van der Waals surface area contributed by atoms with Gasteiger partial charge in [0.25, 0.3) is 0 Å². The summed E-state index contributed by atoms with van der Waals surface area (Å²) in [5.41, 5.74) is 0. The largest absolute Gasteiger partial charge is 0.204 e. The van der Waals surface area contributed by atoms with Crippen molar-refractivity contribution < 1.29 is 19.9 Å². The fraction of sp³-hybridized carbons (Fsp3) is 1.00. The Kier molecular flexibility index (Phi) is 14.8. The van der Waals surface area contributed by atoms with Gasteiger partial charge in [0.05, 0.1) is 12.7 Å². The predicted molar refractivity (Wildman–Crippen MR) is 71.6 cm³/mol. The highest BCUT2D eigenvalue weighted by Crippen LogP contribution is 2.14. The molecule has 1 unspecified atom stereocenters. The third kappa shape index (κ3) is 12.3. The fourth-order valence-electron chi connectivity index (χ4n) is 1.75. The molecule has 0 fully saturated rings. The van der Waals surface area contributed by atoms with Crippen LogP contribution in [0, 0.1) is 0 Å². The van der Waals surface area contributed by atoms with Crippen LogP contribution in [0.3, 0.4) is 0 Å². The minimum absolute atomic E-state index is 0.113. The molecule has 18 heavy (non-hydrogen) atoms. The molecule has 0 aliphatic heterocycles. The Balaban J connectivity index is 3.45. The Labute approximate surface area is 112 Å². The maximum atomic E-state index is 5.19. The Morgan fingerprint density at radius 2 is 1.50 bits per heavy atom. The minimum Gasteiger partial charge on any atom is -0.204 e. The molecular formula is C14H30O4. The smallest absolute Gasteiger partial charge is 0.0962 e. The first-order valence-electron chi connectivity index (χ1n) is 7.46. The van der Waals surface area contributed by atoms with E-state index in [-0.39, 0.29) is 6.10 Å². The van der Waals surface area contributed by atoms with Gasteiger partial charge in [-0.05, 0) is 29.3 Å². The number of rotatable bonds is 14. The molecule has 0 rings (SSSR count). The SMILES string of the molecule is CCCCCCCC(CCC)OOOOCCC. The summed E-state index contributed by atoms with van der Waals surface area (Å²) in [7, 11) is 0. The van der Waals surface area contributed by atoms with Crippen LogP contribution in [0.25, 0.3) is 0 Å². The first kappa shape index (κ1) is 17.8. The Bertz CT molecular complexity index is 139. The van der Waals surface area contributed by atoms with E-state index in [0.29, 0.717) is 6.61 Å². The van der Waals surface area contributed by atoms with Crippen LogP contribution in [0.15, 0.2) is 0 Å². The molecule has 0 N–H and O–H groups in total. The molecule has 0 bridgehead atoms. The third-order valence-electron chi connectivity index (χ3n) is 2.78. The van der Waals surface area contributed by atoms with Crippen molar-refractivity contribution in [2.45, 2.75) is 84.7 Å². The lowest BCUT2D eigenvalue weighted by atomic mass is 10.1. The zero-order valence-corrected chi connectivity index (χ0v) is 12.3. The highest BCUT2D eigenvalue weighted by molar-refractivity contribution is 4.56. The van der Waals surface area contributed by atoms with Gasteiger partial charge in [0.1, 0.15) is 0 Å². The quantitative estimate of drug-likeness (QED) is 0.257. The molecule has 0 spiro atoms. The molecule has 0 radical (unpaired) electrons. The van der Waals surface area contributed by atoms with E-state index in [1.165, 1.54) is 32.1 Å². The lowest BCUT2D eigenvalue weighted by molar-refractivity contribution is -0.642. The summed E-state index contributed by atoms with van der Waals surface area (Å²) in [4.78, 5) is 9.91. The topological polar surface area (TPSA) is 36.9 Å². The molecule has 0 aliphatic rings. The molecule has 0 aromatic rings. The Morgan fingerprint density at radius 1 is 0.722 bits per heavy atom. The van der Waals surface area contributed by atoms with Crippen molar-refractivity contribution >= 4 is 0 Å². The van der Waals surface area contributed by atoms with Gasteiger partial charge in [0.15, 0.2) is 0 Å². The molecule has 0 saturated carbocycles. The van der Waals surface area contributed by atoms with Gasteiger partial charge in [-0.3, -0.25) is 0 Å². The average Bonchev–Trinajstić information content (AvgIpc) is 2.38. The second kappa shape index (κ2) is 14.9. The average molecular weight is 262 g/mol. The molecule has 0 saturated heterocycles. The summed E-state index contributed by atoms with van der Waals surface area (Å²) in [5.74, 6) is 0. The molecule has 1 atom stereocenters. The zero-order valence-electron chi connectivity index (χ0n) is 12.3. The van der Waals surface area contributed by atoms with Gasteiger partial charge in [0.2, 0.25) is 0 Å². The lowest BCUT2D eigenvalue weighted by Gasteiger charge is -2.14. The second-order valence-electron chi connectivity index (χ2n) is 4.67. The maximum Gasteiger partial charge on any atom is 0.0962 e. The molecule has 0 aliphatic carbocycles. The van der Waals surface area contributed by atoms with Gasteiger partial charge in [-0.15, -0.1) is 0 Å². The van der Waals surface area contributed by atoms with Crippen LogP contribution >= 0.6 is 0 Å². The summed E-state index contributed by atoms with van der Waals surface area (Å²) < 4.78 is 0. The van der Waals surface area contributed by atoms with Crippen LogP contribution < -0.4 is 0 Å². The monoisotopic (exact) mass is 262 g/mol. The van der Waals surface area contributed by atoms with Crippen molar-refractivity contribution in [1.29, 1.82) is 0 Å². The second-order valence-corrected chi connectivity index (χ2v) is 4.67. The lowest BCUT2D eigenvalue weighted by Crippen LogP contribution is -2.14. The van der Waals surface area contributed by atoms with Crippen molar-refractivity contribution in [3.63, 3.8) is 0 Å². The van der Waals surface area contributed by atoms with E-state index >= 15 is 0 Å². The molecule has 110 valence electrons. The van der Waals surface area contributed by atoms with Crippen molar-refractivity contribution in [2.75, 3.05) is 6.61 Å². The van der Waals surface area contributed by atoms with Crippen molar-refractivity contribution in [3.8, 4) is 0 Å². The van der Waals surface area contributed by atoms with Gasteiger partial charge in [-0.1, -0.05) is 59.3 Å². The molecule has 0 amide bonds. The molecule has 0 aromatic carbocycles. The minimum atomic E-state index is 0.113. The third-order valence-corrected chi connectivity index (χ3v) is 2.78. The van der Waals surface area contributed by atoms with Crippen LogP contribution in [0.2, 0.25) is 0 Å². The summed E-state index contributed by atoms with van der Waals surface area (Å²) in [5, 5.41) is 9.08. The van der Waals surface area contributed by atoms with Crippen molar-refractivity contribution in [1.82, 2.24) is 0 Å². The standard InChI is InChI=1S/C14H30O4/c1-4-7-8-9-10-12-14(11-5-2)16-18-17-15-13-6-3/h14H,4-13H2,1-3H3. The van der Waals surface area contributed by atoms with E-state index in [9.17, 15) is 0 Å². The molecule has 0 heterocycles. The maximum absolute atomic E-state index is 5.19. The van der Waals surface area contributed by atoms with Gasteiger partial charge in [0, 0.05) is 0 Å². The highest BCUT2D eigenvalue weighted by Gasteiger charge is 2.09. The van der Waals surface area contributed by atoms with E-state index in [1.807, 2.05) is 6.92 Å². The van der Waals surface area contributed by atoms with Crippen LogP contribution in [-0.2, 0) is 19.9 Å². The van der Waals surface area contributed by atoms with Gasteiger partial charge >= 0.3 is 0 Å². The number of hydrogen-bond acceptors (Lipinski definition) is 4. The molecule has 4 heteroatoms. The van der Waals surface area contributed by atoms with Crippen LogP contribution in [0.4, 0.5) is 0 Å². The van der Waals surface area contributed by atoms with Crippen LogP contribution in [-0.4, -0.2) is 12.7 Å². The summed E-state index contributed by atoms with van der Waals surface area (Å²) in [6, 6.07) is 0. The number of hydrogen-bond donors (Lipinski definition) is 0. The summed E-state index contributed by atoms with van der Waals surface area (Å²) in [6.07, 6.45) is 10.5. The van der Waals surface area contributed by atoms with Gasteiger partial charge in [-0.25, -0.2) is 9.78 Å².